The number of ether oxygens (including phenoxy) is 1. The summed E-state index contributed by atoms with van der Waals surface area (Å²) in [4.78, 5) is 1.38. The van der Waals surface area contributed by atoms with E-state index < -0.39 is 12.2 Å². The third-order valence-corrected chi connectivity index (χ3v) is 2.71. The minimum Gasteiger partial charge on any atom is -0.384 e. The summed E-state index contributed by atoms with van der Waals surface area (Å²) in [5.41, 5.74) is 0. The van der Waals surface area contributed by atoms with Crippen molar-refractivity contribution in [3.63, 3.8) is 0 Å². The van der Waals surface area contributed by atoms with Gasteiger partial charge in [-0.2, -0.15) is 13.2 Å². The predicted molar refractivity (Wildman–Crippen MR) is 47.1 cm³/mol. The first-order chi connectivity index (χ1) is 6.45. The minimum absolute atomic E-state index is 0.189. The van der Waals surface area contributed by atoms with E-state index in [-0.39, 0.29) is 12.3 Å². The first kappa shape index (κ1) is 11.8. The Balaban J connectivity index is 2.48. The molecule has 0 aliphatic carbocycles. The largest absolute Gasteiger partial charge is 0.404 e. The van der Waals surface area contributed by atoms with Crippen LogP contribution in [0.2, 0.25) is 0 Å². The summed E-state index contributed by atoms with van der Waals surface area (Å²) in [6.07, 6.45) is -3.30. The van der Waals surface area contributed by atoms with Crippen molar-refractivity contribution in [2.75, 3.05) is 27.3 Å². The summed E-state index contributed by atoms with van der Waals surface area (Å²) in [6, 6.07) is -1.27. The molecule has 84 valence electrons. The number of likely N-dealkylation sites (tertiary alicyclic amines) is 1. The Bertz CT molecular complexity index is 183. The molecule has 0 N–H and O–H groups in total. The second-order valence-electron chi connectivity index (χ2n) is 3.90. The topological polar surface area (TPSA) is 12.5 Å². The molecule has 5 heteroatoms. The van der Waals surface area contributed by atoms with E-state index in [1.54, 1.807) is 7.11 Å². The van der Waals surface area contributed by atoms with Crippen molar-refractivity contribution in [3.05, 3.63) is 0 Å². The first-order valence-corrected chi connectivity index (χ1v) is 4.71. The van der Waals surface area contributed by atoms with Gasteiger partial charge in [-0.25, -0.2) is 0 Å². The van der Waals surface area contributed by atoms with Crippen LogP contribution in [0.4, 0.5) is 13.2 Å². The molecule has 2 unspecified atom stereocenters. The van der Waals surface area contributed by atoms with Crippen molar-refractivity contribution in [3.8, 4) is 0 Å². The molecule has 0 aromatic heterocycles. The van der Waals surface area contributed by atoms with Crippen LogP contribution in [0.5, 0.6) is 0 Å². The lowest BCUT2D eigenvalue weighted by molar-refractivity contribution is -0.191. The molecule has 1 aliphatic heterocycles. The van der Waals surface area contributed by atoms with Gasteiger partial charge in [-0.05, 0) is 25.8 Å². The van der Waals surface area contributed by atoms with E-state index in [4.69, 9.17) is 4.74 Å². The Morgan fingerprint density at radius 3 is 2.43 bits per heavy atom. The normalized spacial score (nSPS) is 30.6. The van der Waals surface area contributed by atoms with Gasteiger partial charge in [0, 0.05) is 13.7 Å². The Morgan fingerprint density at radius 2 is 2.00 bits per heavy atom. The minimum atomic E-state index is -4.09. The smallest absolute Gasteiger partial charge is 0.384 e. The lowest BCUT2D eigenvalue weighted by Gasteiger charge is -2.37. The summed E-state index contributed by atoms with van der Waals surface area (Å²) in [5.74, 6) is 0.239. The molecular weight excluding hydrogens is 195 g/mol. The van der Waals surface area contributed by atoms with Gasteiger partial charge in [0.25, 0.3) is 0 Å². The van der Waals surface area contributed by atoms with Crippen LogP contribution >= 0.6 is 0 Å². The summed E-state index contributed by atoms with van der Waals surface area (Å²) in [5, 5.41) is 0. The maximum absolute atomic E-state index is 12.4. The Kier molecular flexibility index (Phi) is 3.78. The van der Waals surface area contributed by atoms with E-state index in [1.165, 1.54) is 11.9 Å². The van der Waals surface area contributed by atoms with Gasteiger partial charge < -0.3 is 4.74 Å². The van der Waals surface area contributed by atoms with Gasteiger partial charge in [0.1, 0.15) is 6.04 Å². The molecule has 2 atom stereocenters. The highest BCUT2D eigenvalue weighted by molar-refractivity contribution is 4.84. The van der Waals surface area contributed by atoms with Crippen LogP contribution in [0, 0.1) is 5.92 Å². The van der Waals surface area contributed by atoms with E-state index in [0.29, 0.717) is 19.6 Å². The quantitative estimate of drug-likeness (QED) is 0.691. The summed E-state index contributed by atoms with van der Waals surface area (Å²) >= 11 is 0. The SMILES string of the molecule is COCC1CCC(C(F)(F)F)N(C)C1. The van der Waals surface area contributed by atoms with Gasteiger partial charge in [-0.15, -0.1) is 0 Å². The number of methoxy groups -OCH3 is 1. The van der Waals surface area contributed by atoms with E-state index in [9.17, 15) is 13.2 Å². The zero-order chi connectivity index (χ0) is 10.8. The van der Waals surface area contributed by atoms with E-state index in [0.717, 1.165) is 0 Å². The molecule has 1 heterocycles. The molecule has 1 fully saturated rings. The molecule has 0 saturated carbocycles. The number of hydrogen-bond acceptors (Lipinski definition) is 2. The van der Waals surface area contributed by atoms with E-state index in [2.05, 4.69) is 0 Å². The Hall–Kier alpha value is -0.290. The third kappa shape index (κ3) is 2.85. The van der Waals surface area contributed by atoms with Gasteiger partial charge in [0.05, 0.1) is 6.61 Å². The highest BCUT2D eigenvalue weighted by atomic mass is 19.4. The highest BCUT2D eigenvalue weighted by Crippen LogP contribution is 2.32. The maximum atomic E-state index is 12.4. The van der Waals surface area contributed by atoms with E-state index in [1.807, 2.05) is 0 Å². The Labute approximate surface area is 82.0 Å². The standard InChI is InChI=1S/C9H16F3NO/c1-13-5-7(6-14-2)3-4-8(13)9(10,11)12/h7-8H,3-6H2,1-2H3. The number of piperidine rings is 1. The first-order valence-electron chi connectivity index (χ1n) is 4.71. The predicted octanol–water partition coefficient (Wildman–Crippen LogP) is 1.91. The fraction of sp³-hybridized carbons (Fsp3) is 1.00. The monoisotopic (exact) mass is 211 g/mol. The van der Waals surface area contributed by atoms with Crippen molar-refractivity contribution < 1.29 is 17.9 Å². The highest BCUT2D eigenvalue weighted by Gasteiger charge is 2.44. The van der Waals surface area contributed by atoms with Crippen molar-refractivity contribution in [1.29, 1.82) is 0 Å². The molecule has 0 aromatic carbocycles. The molecule has 0 radical (unpaired) electrons. The molecule has 0 aromatic rings. The molecule has 0 amide bonds. The van der Waals surface area contributed by atoms with Crippen molar-refractivity contribution in [2.45, 2.75) is 25.1 Å². The van der Waals surface area contributed by atoms with Gasteiger partial charge in [0.15, 0.2) is 0 Å². The van der Waals surface area contributed by atoms with Crippen LogP contribution in [0.1, 0.15) is 12.8 Å². The molecule has 1 saturated heterocycles. The summed E-state index contributed by atoms with van der Waals surface area (Å²) in [7, 11) is 3.11. The van der Waals surface area contributed by atoms with Gasteiger partial charge in [-0.1, -0.05) is 0 Å². The van der Waals surface area contributed by atoms with Gasteiger partial charge in [-0.3, -0.25) is 4.90 Å². The summed E-state index contributed by atoms with van der Waals surface area (Å²) in [6.45, 7) is 1.02. The van der Waals surface area contributed by atoms with Crippen LogP contribution in [0.3, 0.4) is 0 Å². The second kappa shape index (κ2) is 4.49. The number of rotatable bonds is 2. The van der Waals surface area contributed by atoms with Gasteiger partial charge in [0.2, 0.25) is 0 Å². The molecule has 0 bridgehead atoms. The van der Waals surface area contributed by atoms with Crippen LogP contribution < -0.4 is 0 Å². The maximum Gasteiger partial charge on any atom is 0.404 e. The zero-order valence-electron chi connectivity index (χ0n) is 8.47. The van der Waals surface area contributed by atoms with Gasteiger partial charge >= 0.3 is 6.18 Å². The van der Waals surface area contributed by atoms with Crippen LogP contribution in [-0.4, -0.2) is 44.4 Å². The third-order valence-electron chi connectivity index (χ3n) is 2.71. The second-order valence-corrected chi connectivity index (χ2v) is 3.90. The molecule has 1 rings (SSSR count). The molecular formula is C9H16F3NO. The fourth-order valence-electron chi connectivity index (χ4n) is 2.03. The number of halogens is 3. The number of nitrogens with zero attached hydrogens (tertiary/aromatic N) is 1. The van der Waals surface area contributed by atoms with Crippen molar-refractivity contribution in [1.82, 2.24) is 4.90 Å². The lowest BCUT2D eigenvalue weighted by Crippen LogP contribution is -2.49. The Morgan fingerprint density at radius 1 is 1.36 bits per heavy atom. The van der Waals surface area contributed by atoms with Crippen LogP contribution in [-0.2, 0) is 4.74 Å². The average molecular weight is 211 g/mol. The zero-order valence-corrected chi connectivity index (χ0v) is 8.47. The molecule has 2 nitrogen and oxygen atoms in total. The van der Waals surface area contributed by atoms with E-state index >= 15 is 0 Å². The number of alkyl halides is 3. The fourth-order valence-corrected chi connectivity index (χ4v) is 2.03. The number of hydrogen-bond donors (Lipinski definition) is 0. The lowest BCUT2D eigenvalue weighted by atomic mass is 9.93. The van der Waals surface area contributed by atoms with Crippen molar-refractivity contribution >= 4 is 0 Å². The van der Waals surface area contributed by atoms with Crippen LogP contribution in [0.15, 0.2) is 0 Å². The average Bonchev–Trinajstić information content (AvgIpc) is 2.02. The summed E-state index contributed by atoms with van der Waals surface area (Å²) < 4.78 is 42.2. The van der Waals surface area contributed by atoms with Crippen LogP contribution in [0.25, 0.3) is 0 Å². The molecule has 0 spiro atoms. The molecule has 1 aliphatic rings. The molecule has 14 heavy (non-hydrogen) atoms. The van der Waals surface area contributed by atoms with Crippen molar-refractivity contribution in [2.24, 2.45) is 5.92 Å².